The van der Waals surface area contributed by atoms with Crippen LogP contribution in [0.15, 0.2) is 83.3 Å². The molecule has 1 saturated heterocycles. The molecule has 0 unspecified atom stereocenters. The number of amides is 1. The lowest BCUT2D eigenvalue weighted by molar-refractivity contribution is -0.0276. The van der Waals surface area contributed by atoms with Gasteiger partial charge in [-0.3, -0.25) is 9.69 Å². The van der Waals surface area contributed by atoms with Crippen molar-refractivity contribution in [2.45, 2.75) is 31.4 Å². The van der Waals surface area contributed by atoms with Crippen LogP contribution < -0.4 is 5.32 Å². The normalized spacial score (nSPS) is 15.8. The molecular weight excluding hydrogens is 443 g/mol. The number of rotatable bonds is 7. The molecule has 1 fully saturated rings. The summed E-state index contributed by atoms with van der Waals surface area (Å²) in [7, 11) is 0. The highest BCUT2D eigenvalue weighted by atomic mass is 19.1. The Balaban J connectivity index is 1.21. The van der Waals surface area contributed by atoms with E-state index < -0.39 is 5.60 Å². The fraction of sp³-hybridized carbons (Fsp3) is 0.276. The van der Waals surface area contributed by atoms with Crippen molar-refractivity contribution in [2.24, 2.45) is 0 Å². The highest BCUT2D eigenvalue weighted by molar-refractivity contribution is 5.96. The van der Waals surface area contributed by atoms with Crippen molar-refractivity contribution in [1.82, 2.24) is 10.2 Å². The summed E-state index contributed by atoms with van der Waals surface area (Å²) in [5, 5.41) is 15.0. The van der Waals surface area contributed by atoms with E-state index in [1.807, 2.05) is 30.3 Å². The van der Waals surface area contributed by atoms with Crippen LogP contribution in [-0.4, -0.2) is 35.5 Å². The third kappa shape index (κ3) is 5.45. The molecule has 1 aliphatic heterocycles. The van der Waals surface area contributed by atoms with Crippen molar-refractivity contribution in [2.75, 3.05) is 19.6 Å². The highest BCUT2D eigenvalue weighted by Gasteiger charge is 2.34. The molecule has 2 N–H and O–H groups in total. The third-order valence-corrected chi connectivity index (χ3v) is 6.80. The Kier molecular flexibility index (Phi) is 6.66. The van der Waals surface area contributed by atoms with Gasteiger partial charge in [-0.15, -0.1) is 0 Å². The first kappa shape index (κ1) is 23.3. The highest BCUT2D eigenvalue weighted by Crippen LogP contribution is 2.35. The molecule has 4 aromatic rings. The molecule has 180 valence electrons. The number of aliphatic hydroxyl groups is 1. The van der Waals surface area contributed by atoms with Gasteiger partial charge in [-0.05, 0) is 66.3 Å². The molecule has 0 aliphatic carbocycles. The first-order valence-corrected chi connectivity index (χ1v) is 12.0. The predicted octanol–water partition coefficient (Wildman–Crippen LogP) is 5.03. The van der Waals surface area contributed by atoms with Crippen molar-refractivity contribution in [3.05, 3.63) is 107 Å². The van der Waals surface area contributed by atoms with Crippen LogP contribution in [0.3, 0.4) is 0 Å². The first-order chi connectivity index (χ1) is 17.0. The SMILES string of the molecule is O=C(NCCc1cccc(F)c1)c1cc2cc(C3(O)CCN(Cc4ccccc4)CC3)ccc2o1. The Morgan fingerprint density at radius 2 is 1.74 bits per heavy atom. The number of nitrogens with one attached hydrogen (secondary N) is 1. The summed E-state index contributed by atoms with van der Waals surface area (Å²) in [6, 6.07) is 24.1. The first-order valence-electron chi connectivity index (χ1n) is 12.0. The number of carbonyl (C=O) groups excluding carboxylic acids is 1. The van der Waals surface area contributed by atoms with Gasteiger partial charge in [0.2, 0.25) is 0 Å². The quantitative estimate of drug-likeness (QED) is 0.396. The van der Waals surface area contributed by atoms with E-state index in [1.165, 1.54) is 17.7 Å². The maximum atomic E-state index is 13.3. The molecule has 2 heterocycles. The van der Waals surface area contributed by atoms with Crippen molar-refractivity contribution in [3.63, 3.8) is 0 Å². The molecule has 1 amide bonds. The van der Waals surface area contributed by atoms with E-state index >= 15 is 0 Å². The van der Waals surface area contributed by atoms with E-state index in [4.69, 9.17) is 4.42 Å². The number of carbonyl (C=O) groups is 1. The number of benzene rings is 3. The van der Waals surface area contributed by atoms with Crippen molar-refractivity contribution >= 4 is 16.9 Å². The monoisotopic (exact) mass is 472 g/mol. The Morgan fingerprint density at radius 3 is 2.51 bits per heavy atom. The number of hydrogen-bond acceptors (Lipinski definition) is 4. The number of hydrogen-bond donors (Lipinski definition) is 2. The standard InChI is InChI=1S/C29H29FN2O3/c30-25-8-4-7-21(17-25)11-14-31-28(33)27-19-23-18-24(9-10-26(23)35-27)29(34)12-15-32(16-13-29)20-22-5-2-1-3-6-22/h1-10,17-19,34H,11-16,20H2,(H,31,33). The number of piperidine rings is 1. The zero-order valence-corrected chi connectivity index (χ0v) is 19.5. The number of fused-ring (bicyclic) bond motifs is 1. The van der Waals surface area contributed by atoms with E-state index in [2.05, 4.69) is 34.5 Å². The van der Waals surface area contributed by atoms with Gasteiger partial charge >= 0.3 is 0 Å². The minimum absolute atomic E-state index is 0.223. The number of nitrogens with zero attached hydrogens (tertiary/aromatic N) is 1. The van der Waals surface area contributed by atoms with Gasteiger partial charge in [0.1, 0.15) is 11.4 Å². The van der Waals surface area contributed by atoms with Crippen LogP contribution in [0.2, 0.25) is 0 Å². The molecule has 5 nitrogen and oxygen atoms in total. The van der Waals surface area contributed by atoms with E-state index in [9.17, 15) is 14.3 Å². The van der Waals surface area contributed by atoms with Crippen LogP contribution in [0, 0.1) is 5.82 Å². The van der Waals surface area contributed by atoms with Crippen LogP contribution in [0.25, 0.3) is 11.0 Å². The summed E-state index contributed by atoms with van der Waals surface area (Å²) in [4.78, 5) is 14.9. The maximum Gasteiger partial charge on any atom is 0.287 e. The minimum Gasteiger partial charge on any atom is -0.451 e. The maximum absolute atomic E-state index is 13.3. The summed E-state index contributed by atoms with van der Waals surface area (Å²) in [6.07, 6.45) is 1.83. The Morgan fingerprint density at radius 1 is 0.971 bits per heavy atom. The van der Waals surface area contributed by atoms with Gasteiger partial charge in [0, 0.05) is 31.6 Å². The van der Waals surface area contributed by atoms with E-state index in [0.717, 1.165) is 36.1 Å². The fourth-order valence-electron chi connectivity index (χ4n) is 4.76. The van der Waals surface area contributed by atoms with Crippen molar-refractivity contribution in [3.8, 4) is 0 Å². The van der Waals surface area contributed by atoms with Gasteiger partial charge in [-0.1, -0.05) is 48.5 Å². The van der Waals surface area contributed by atoms with Crippen LogP contribution in [0.5, 0.6) is 0 Å². The lowest BCUT2D eigenvalue weighted by atomic mass is 9.84. The molecule has 0 saturated carbocycles. The molecule has 35 heavy (non-hydrogen) atoms. The number of halogens is 1. The third-order valence-electron chi connectivity index (χ3n) is 6.80. The second-order valence-electron chi connectivity index (χ2n) is 9.29. The second-order valence-corrected chi connectivity index (χ2v) is 9.29. The second kappa shape index (κ2) is 10.0. The molecule has 6 heteroatoms. The molecule has 0 bridgehead atoms. The molecule has 3 aromatic carbocycles. The smallest absolute Gasteiger partial charge is 0.287 e. The Hall–Kier alpha value is -3.48. The summed E-state index contributed by atoms with van der Waals surface area (Å²) in [6.45, 7) is 2.89. The van der Waals surface area contributed by atoms with Gasteiger partial charge in [0.15, 0.2) is 5.76 Å². The van der Waals surface area contributed by atoms with Crippen LogP contribution in [0.4, 0.5) is 4.39 Å². The molecule has 0 radical (unpaired) electrons. The average molecular weight is 473 g/mol. The Bertz CT molecular complexity index is 1310. The Labute approximate surface area is 204 Å². The van der Waals surface area contributed by atoms with Crippen molar-refractivity contribution in [1.29, 1.82) is 0 Å². The minimum atomic E-state index is -0.897. The average Bonchev–Trinajstić information content (AvgIpc) is 3.30. The number of furan rings is 1. The zero-order chi connectivity index (χ0) is 24.3. The van der Waals surface area contributed by atoms with Crippen LogP contribution in [0.1, 0.15) is 40.1 Å². The van der Waals surface area contributed by atoms with E-state index in [1.54, 1.807) is 12.1 Å². The molecule has 1 aliphatic rings. The fourth-order valence-corrected chi connectivity index (χ4v) is 4.76. The summed E-state index contributed by atoms with van der Waals surface area (Å²) in [5.74, 6) is -0.376. The zero-order valence-electron chi connectivity index (χ0n) is 19.5. The summed E-state index contributed by atoms with van der Waals surface area (Å²) in [5.41, 5.74) is 2.66. The molecule has 1 aromatic heterocycles. The lowest BCUT2D eigenvalue weighted by Gasteiger charge is -2.38. The van der Waals surface area contributed by atoms with Gasteiger partial charge in [-0.25, -0.2) is 4.39 Å². The van der Waals surface area contributed by atoms with Gasteiger partial charge in [0.05, 0.1) is 5.60 Å². The number of likely N-dealkylation sites (tertiary alicyclic amines) is 1. The van der Waals surface area contributed by atoms with Crippen LogP contribution >= 0.6 is 0 Å². The summed E-state index contributed by atoms with van der Waals surface area (Å²) < 4.78 is 19.1. The van der Waals surface area contributed by atoms with Gasteiger partial charge in [-0.2, -0.15) is 0 Å². The van der Waals surface area contributed by atoms with Gasteiger partial charge < -0.3 is 14.8 Å². The predicted molar refractivity (Wildman–Crippen MR) is 134 cm³/mol. The molecule has 5 rings (SSSR count). The van der Waals surface area contributed by atoms with E-state index in [0.29, 0.717) is 31.4 Å². The van der Waals surface area contributed by atoms with Crippen LogP contribution in [-0.2, 0) is 18.6 Å². The summed E-state index contributed by atoms with van der Waals surface area (Å²) >= 11 is 0. The topological polar surface area (TPSA) is 65.7 Å². The largest absolute Gasteiger partial charge is 0.451 e. The van der Waals surface area contributed by atoms with E-state index in [-0.39, 0.29) is 17.5 Å². The molecule has 0 atom stereocenters. The lowest BCUT2D eigenvalue weighted by Crippen LogP contribution is -2.42. The molecule has 0 spiro atoms. The molecular formula is C29H29FN2O3. The van der Waals surface area contributed by atoms with Crippen molar-refractivity contribution < 1.29 is 18.7 Å². The van der Waals surface area contributed by atoms with Gasteiger partial charge in [0.25, 0.3) is 5.91 Å².